The lowest BCUT2D eigenvalue weighted by atomic mass is 9.95. The Hall–Kier alpha value is -0.520. The molecule has 0 heterocycles. The van der Waals surface area contributed by atoms with E-state index in [0.717, 1.165) is 0 Å². The SMILES string of the molecule is C/C=C\C(C)C(C)/C=C/C. The fourth-order valence-electron chi connectivity index (χ4n) is 0.958. The van der Waals surface area contributed by atoms with Crippen LogP contribution in [0.2, 0.25) is 0 Å². The third-order valence-corrected chi connectivity index (χ3v) is 1.82. The van der Waals surface area contributed by atoms with Gasteiger partial charge >= 0.3 is 0 Å². The first-order valence-corrected chi connectivity index (χ1v) is 3.98. The maximum Gasteiger partial charge on any atom is -0.0202 e. The molecule has 0 aromatic rings. The van der Waals surface area contributed by atoms with Crippen LogP contribution in [0.15, 0.2) is 24.3 Å². The third-order valence-electron chi connectivity index (χ3n) is 1.82. The van der Waals surface area contributed by atoms with Gasteiger partial charge in [0.15, 0.2) is 0 Å². The average molecular weight is 138 g/mol. The van der Waals surface area contributed by atoms with Gasteiger partial charge in [-0.3, -0.25) is 0 Å². The van der Waals surface area contributed by atoms with E-state index >= 15 is 0 Å². The van der Waals surface area contributed by atoms with Crippen LogP contribution in [0, 0.1) is 11.8 Å². The van der Waals surface area contributed by atoms with Crippen molar-refractivity contribution >= 4 is 0 Å². The zero-order valence-corrected chi connectivity index (χ0v) is 7.46. The number of rotatable bonds is 3. The highest BCUT2D eigenvalue weighted by Crippen LogP contribution is 2.13. The van der Waals surface area contributed by atoms with Crippen molar-refractivity contribution in [3.63, 3.8) is 0 Å². The largest absolute Gasteiger partial charge is 0.0914 e. The summed E-state index contributed by atoms with van der Waals surface area (Å²) in [7, 11) is 0. The van der Waals surface area contributed by atoms with Crippen LogP contribution in [-0.2, 0) is 0 Å². The van der Waals surface area contributed by atoms with Crippen LogP contribution < -0.4 is 0 Å². The molecule has 0 saturated carbocycles. The van der Waals surface area contributed by atoms with Crippen LogP contribution in [0.1, 0.15) is 27.7 Å². The zero-order valence-electron chi connectivity index (χ0n) is 7.46. The average Bonchev–Trinajstić information content (AvgIpc) is 1.89. The second-order valence-corrected chi connectivity index (χ2v) is 2.77. The monoisotopic (exact) mass is 138 g/mol. The van der Waals surface area contributed by atoms with Crippen LogP contribution >= 0.6 is 0 Å². The molecule has 0 amide bonds. The lowest BCUT2D eigenvalue weighted by Crippen LogP contribution is -2.00. The van der Waals surface area contributed by atoms with Gasteiger partial charge in [0.25, 0.3) is 0 Å². The summed E-state index contributed by atoms with van der Waals surface area (Å²) >= 11 is 0. The molecule has 0 aliphatic heterocycles. The van der Waals surface area contributed by atoms with Crippen LogP contribution in [-0.4, -0.2) is 0 Å². The molecule has 0 fully saturated rings. The van der Waals surface area contributed by atoms with Gasteiger partial charge in [0.05, 0.1) is 0 Å². The molecule has 0 aliphatic rings. The van der Waals surface area contributed by atoms with Gasteiger partial charge < -0.3 is 0 Å². The maximum absolute atomic E-state index is 2.24. The van der Waals surface area contributed by atoms with Crippen LogP contribution in [0.5, 0.6) is 0 Å². The molecule has 0 spiro atoms. The molecule has 10 heavy (non-hydrogen) atoms. The second-order valence-electron chi connectivity index (χ2n) is 2.77. The Balaban J connectivity index is 3.81. The molecule has 0 heteroatoms. The van der Waals surface area contributed by atoms with E-state index < -0.39 is 0 Å². The lowest BCUT2D eigenvalue weighted by molar-refractivity contribution is 0.557. The first kappa shape index (κ1) is 9.48. The van der Waals surface area contributed by atoms with Crippen molar-refractivity contribution in [2.75, 3.05) is 0 Å². The van der Waals surface area contributed by atoms with E-state index in [1.54, 1.807) is 0 Å². The van der Waals surface area contributed by atoms with Gasteiger partial charge in [0.1, 0.15) is 0 Å². The first-order valence-electron chi connectivity index (χ1n) is 3.98. The van der Waals surface area contributed by atoms with Crippen molar-refractivity contribution in [3.05, 3.63) is 24.3 Å². The van der Waals surface area contributed by atoms with E-state index in [-0.39, 0.29) is 0 Å². The minimum Gasteiger partial charge on any atom is -0.0914 e. The Bertz CT molecular complexity index is 104. The van der Waals surface area contributed by atoms with E-state index in [9.17, 15) is 0 Å². The van der Waals surface area contributed by atoms with E-state index in [4.69, 9.17) is 0 Å². The molecule has 2 unspecified atom stereocenters. The molecular weight excluding hydrogens is 120 g/mol. The smallest absolute Gasteiger partial charge is 0.0202 e. The highest BCUT2D eigenvalue weighted by molar-refractivity contribution is 4.94. The quantitative estimate of drug-likeness (QED) is 0.524. The van der Waals surface area contributed by atoms with Crippen molar-refractivity contribution in [3.8, 4) is 0 Å². The van der Waals surface area contributed by atoms with Crippen molar-refractivity contribution in [2.24, 2.45) is 11.8 Å². The van der Waals surface area contributed by atoms with E-state index in [1.165, 1.54) is 0 Å². The normalized spacial score (nSPS) is 18.4. The fraction of sp³-hybridized carbons (Fsp3) is 0.600. The van der Waals surface area contributed by atoms with Crippen molar-refractivity contribution in [2.45, 2.75) is 27.7 Å². The predicted molar refractivity (Wildman–Crippen MR) is 48.0 cm³/mol. The summed E-state index contributed by atoms with van der Waals surface area (Å²) in [6, 6.07) is 0. The number of hydrogen-bond acceptors (Lipinski definition) is 0. The lowest BCUT2D eigenvalue weighted by Gasteiger charge is -2.10. The minimum absolute atomic E-state index is 0.668. The zero-order chi connectivity index (χ0) is 7.98. The van der Waals surface area contributed by atoms with E-state index in [0.29, 0.717) is 11.8 Å². The molecule has 0 aliphatic carbocycles. The molecule has 0 nitrogen and oxygen atoms in total. The summed E-state index contributed by atoms with van der Waals surface area (Å²) < 4.78 is 0. The second kappa shape index (κ2) is 5.28. The van der Waals surface area contributed by atoms with E-state index in [2.05, 4.69) is 52.0 Å². The summed E-state index contributed by atoms with van der Waals surface area (Å²) in [4.78, 5) is 0. The Morgan fingerprint density at radius 2 is 1.10 bits per heavy atom. The Kier molecular flexibility index (Phi) is 5.00. The molecule has 0 rings (SSSR count). The predicted octanol–water partition coefficient (Wildman–Crippen LogP) is 3.41. The van der Waals surface area contributed by atoms with Gasteiger partial charge in [-0.15, -0.1) is 0 Å². The van der Waals surface area contributed by atoms with Crippen LogP contribution in [0.3, 0.4) is 0 Å². The molecule has 0 aromatic heterocycles. The summed E-state index contributed by atoms with van der Waals surface area (Å²) in [6.45, 7) is 8.62. The molecule has 2 atom stereocenters. The van der Waals surface area contributed by atoms with Crippen molar-refractivity contribution in [1.29, 1.82) is 0 Å². The molecule has 0 N–H and O–H groups in total. The molecular formula is C10H18. The van der Waals surface area contributed by atoms with Crippen molar-refractivity contribution < 1.29 is 0 Å². The number of hydrogen-bond donors (Lipinski definition) is 0. The Morgan fingerprint density at radius 1 is 0.800 bits per heavy atom. The highest BCUT2D eigenvalue weighted by Gasteiger charge is 2.02. The number of allylic oxidation sites excluding steroid dienone is 4. The Morgan fingerprint density at radius 3 is 1.30 bits per heavy atom. The van der Waals surface area contributed by atoms with Gasteiger partial charge in [0.2, 0.25) is 0 Å². The van der Waals surface area contributed by atoms with E-state index in [1.807, 2.05) is 0 Å². The molecule has 0 bridgehead atoms. The topological polar surface area (TPSA) is 0 Å². The fourth-order valence-corrected chi connectivity index (χ4v) is 0.958. The minimum atomic E-state index is 0.668. The van der Waals surface area contributed by atoms with Gasteiger partial charge in [0, 0.05) is 0 Å². The standard InChI is InChI=1S/C10H18/c1-5-7-9(3)10(4)8-6-2/h5-10H,1-4H3/b7-5-,8-6+. The molecule has 0 radical (unpaired) electrons. The van der Waals surface area contributed by atoms with Crippen LogP contribution in [0.4, 0.5) is 0 Å². The highest BCUT2D eigenvalue weighted by atomic mass is 14.1. The first-order chi connectivity index (χ1) is 4.72. The third kappa shape index (κ3) is 3.49. The summed E-state index contributed by atoms with van der Waals surface area (Å²) in [5.74, 6) is 1.34. The van der Waals surface area contributed by atoms with Crippen molar-refractivity contribution in [1.82, 2.24) is 0 Å². The maximum atomic E-state index is 2.24. The van der Waals surface area contributed by atoms with Gasteiger partial charge in [-0.2, -0.15) is 0 Å². The molecule has 0 aromatic carbocycles. The molecule has 58 valence electrons. The van der Waals surface area contributed by atoms with Gasteiger partial charge in [-0.05, 0) is 25.7 Å². The summed E-state index contributed by atoms with van der Waals surface area (Å²) in [5.41, 5.74) is 0. The summed E-state index contributed by atoms with van der Waals surface area (Å²) in [6.07, 6.45) is 8.71. The molecule has 0 saturated heterocycles. The Labute approximate surface area is 64.6 Å². The summed E-state index contributed by atoms with van der Waals surface area (Å²) in [5, 5.41) is 0. The van der Waals surface area contributed by atoms with Gasteiger partial charge in [-0.25, -0.2) is 0 Å². The van der Waals surface area contributed by atoms with Crippen LogP contribution in [0.25, 0.3) is 0 Å². The van der Waals surface area contributed by atoms with Gasteiger partial charge in [-0.1, -0.05) is 38.2 Å².